The van der Waals surface area contributed by atoms with Crippen molar-refractivity contribution in [1.82, 2.24) is 15.5 Å². The molecule has 0 aliphatic carbocycles. The summed E-state index contributed by atoms with van der Waals surface area (Å²) in [6, 6.07) is 6.03. The third-order valence-corrected chi connectivity index (χ3v) is 3.75. The lowest BCUT2D eigenvalue weighted by atomic mass is 10.0. The lowest BCUT2D eigenvalue weighted by molar-refractivity contribution is -0.121. The molecule has 22 heavy (non-hydrogen) atoms. The van der Waals surface area contributed by atoms with E-state index in [9.17, 15) is 14.0 Å². The maximum Gasteiger partial charge on any atom is 0.321 e. The molecule has 0 aromatic heterocycles. The summed E-state index contributed by atoms with van der Waals surface area (Å²) in [5, 5.41) is 4.94. The number of nitrogens with zero attached hydrogens (tertiary/aromatic N) is 1. The van der Waals surface area contributed by atoms with Crippen molar-refractivity contribution in [2.45, 2.75) is 32.2 Å². The Balaban J connectivity index is 1.89. The highest BCUT2D eigenvalue weighted by Crippen LogP contribution is 2.31. The number of urea groups is 1. The molecular formula is C16H22FN3O2. The van der Waals surface area contributed by atoms with Gasteiger partial charge in [0.25, 0.3) is 0 Å². The van der Waals surface area contributed by atoms with E-state index < -0.39 is 6.03 Å². The fourth-order valence-electron chi connectivity index (χ4n) is 2.71. The molecule has 2 N–H and O–H groups in total. The molecule has 1 fully saturated rings. The Labute approximate surface area is 129 Å². The fraction of sp³-hybridized carbons (Fsp3) is 0.500. The zero-order chi connectivity index (χ0) is 15.9. The number of benzene rings is 1. The van der Waals surface area contributed by atoms with Gasteiger partial charge in [-0.05, 0) is 43.5 Å². The maximum absolute atomic E-state index is 13.0. The van der Waals surface area contributed by atoms with Gasteiger partial charge in [0.15, 0.2) is 0 Å². The van der Waals surface area contributed by atoms with Gasteiger partial charge in [-0.25, -0.2) is 9.18 Å². The van der Waals surface area contributed by atoms with Crippen molar-refractivity contribution in [3.8, 4) is 0 Å². The molecule has 0 saturated carbocycles. The molecule has 120 valence electrons. The number of halogens is 1. The minimum Gasteiger partial charge on any atom is -0.338 e. The average molecular weight is 307 g/mol. The zero-order valence-electron chi connectivity index (χ0n) is 12.8. The van der Waals surface area contributed by atoms with Crippen LogP contribution in [0, 0.1) is 5.82 Å². The minimum absolute atomic E-state index is 0.102. The first-order chi connectivity index (χ1) is 10.6. The molecule has 6 heteroatoms. The first-order valence-corrected chi connectivity index (χ1v) is 7.67. The van der Waals surface area contributed by atoms with Gasteiger partial charge >= 0.3 is 6.03 Å². The van der Waals surface area contributed by atoms with Gasteiger partial charge in [0, 0.05) is 12.6 Å². The molecule has 1 aromatic carbocycles. The SMILES string of the molecule is CCCNC(=O)NC(=O)CN1CCCC1c1ccc(F)cc1. The van der Waals surface area contributed by atoms with E-state index in [1.54, 1.807) is 12.1 Å². The van der Waals surface area contributed by atoms with Crippen molar-refractivity contribution >= 4 is 11.9 Å². The number of imide groups is 1. The lowest BCUT2D eigenvalue weighted by Gasteiger charge is -2.24. The second kappa shape index (κ2) is 7.89. The second-order valence-corrected chi connectivity index (χ2v) is 5.48. The van der Waals surface area contributed by atoms with Crippen LogP contribution in [0.5, 0.6) is 0 Å². The lowest BCUT2D eigenvalue weighted by Crippen LogP contribution is -2.44. The summed E-state index contributed by atoms with van der Waals surface area (Å²) in [6.45, 7) is 3.45. The quantitative estimate of drug-likeness (QED) is 0.876. The van der Waals surface area contributed by atoms with Gasteiger partial charge in [-0.1, -0.05) is 19.1 Å². The summed E-state index contributed by atoms with van der Waals surface area (Å²) in [7, 11) is 0. The fourth-order valence-corrected chi connectivity index (χ4v) is 2.71. The maximum atomic E-state index is 13.0. The van der Waals surface area contributed by atoms with Crippen LogP contribution in [0.25, 0.3) is 0 Å². The molecule has 1 aromatic rings. The monoisotopic (exact) mass is 307 g/mol. The first kappa shape index (κ1) is 16.4. The Morgan fingerprint density at radius 3 is 2.73 bits per heavy atom. The zero-order valence-corrected chi connectivity index (χ0v) is 12.8. The average Bonchev–Trinajstić information content (AvgIpc) is 2.93. The molecule has 5 nitrogen and oxygen atoms in total. The van der Waals surface area contributed by atoms with Crippen molar-refractivity contribution in [1.29, 1.82) is 0 Å². The third-order valence-electron chi connectivity index (χ3n) is 3.75. The molecular weight excluding hydrogens is 285 g/mol. The van der Waals surface area contributed by atoms with Crippen LogP contribution in [0.15, 0.2) is 24.3 Å². The Bertz CT molecular complexity index is 519. The van der Waals surface area contributed by atoms with Crippen molar-refractivity contribution in [2.24, 2.45) is 0 Å². The highest BCUT2D eigenvalue weighted by atomic mass is 19.1. The molecule has 3 amide bonds. The summed E-state index contributed by atoms with van der Waals surface area (Å²) in [5.41, 5.74) is 1.00. The molecule has 1 saturated heterocycles. The molecule has 2 rings (SSSR count). The first-order valence-electron chi connectivity index (χ1n) is 7.67. The highest BCUT2D eigenvalue weighted by molar-refractivity contribution is 5.95. The van der Waals surface area contributed by atoms with E-state index in [0.717, 1.165) is 31.4 Å². The van der Waals surface area contributed by atoms with Crippen LogP contribution in [0.4, 0.5) is 9.18 Å². The number of rotatable bonds is 5. The van der Waals surface area contributed by atoms with Gasteiger partial charge in [0.05, 0.1) is 6.54 Å². The van der Waals surface area contributed by atoms with Crippen molar-refractivity contribution in [2.75, 3.05) is 19.6 Å². The number of hydrogen-bond donors (Lipinski definition) is 2. The molecule has 1 aliphatic heterocycles. The van der Waals surface area contributed by atoms with E-state index in [4.69, 9.17) is 0 Å². The van der Waals surface area contributed by atoms with Crippen molar-refractivity contribution in [3.63, 3.8) is 0 Å². The number of carbonyl (C=O) groups excluding carboxylic acids is 2. The molecule has 1 unspecified atom stereocenters. The summed E-state index contributed by atoms with van der Waals surface area (Å²) < 4.78 is 13.0. The predicted molar refractivity (Wildman–Crippen MR) is 81.8 cm³/mol. The van der Waals surface area contributed by atoms with Gasteiger partial charge in [0.2, 0.25) is 5.91 Å². The van der Waals surface area contributed by atoms with E-state index >= 15 is 0 Å². The number of nitrogens with one attached hydrogen (secondary N) is 2. The Morgan fingerprint density at radius 2 is 2.05 bits per heavy atom. The van der Waals surface area contributed by atoms with Crippen LogP contribution in [0.1, 0.15) is 37.8 Å². The van der Waals surface area contributed by atoms with Crippen molar-refractivity contribution in [3.05, 3.63) is 35.6 Å². The smallest absolute Gasteiger partial charge is 0.321 e. The number of likely N-dealkylation sites (tertiary alicyclic amines) is 1. The van der Waals surface area contributed by atoms with Crippen LogP contribution >= 0.6 is 0 Å². The summed E-state index contributed by atoms with van der Waals surface area (Å²) in [6.07, 6.45) is 2.73. The molecule has 0 bridgehead atoms. The highest BCUT2D eigenvalue weighted by Gasteiger charge is 2.27. The van der Waals surface area contributed by atoms with E-state index in [1.807, 2.05) is 11.8 Å². The van der Waals surface area contributed by atoms with Crippen LogP contribution in [0.2, 0.25) is 0 Å². The Morgan fingerprint density at radius 1 is 1.32 bits per heavy atom. The summed E-state index contributed by atoms with van der Waals surface area (Å²) in [4.78, 5) is 25.4. The van der Waals surface area contributed by atoms with Crippen LogP contribution in [-0.2, 0) is 4.79 Å². The van der Waals surface area contributed by atoms with E-state index in [1.165, 1.54) is 12.1 Å². The number of amides is 3. The van der Waals surface area contributed by atoms with Crippen LogP contribution in [-0.4, -0.2) is 36.5 Å². The van der Waals surface area contributed by atoms with E-state index in [-0.39, 0.29) is 24.3 Å². The molecule has 1 heterocycles. The molecule has 1 aliphatic rings. The van der Waals surface area contributed by atoms with Gasteiger partial charge < -0.3 is 5.32 Å². The van der Waals surface area contributed by atoms with Gasteiger partial charge in [-0.15, -0.1) is 0 Å². The number of hydrogen-bond acceptors (Lipinski definition) is 3. The Kier molecular flexibility index (Phi) is 5.89. The van der Waals surface area contributed by atoms with Crippen LogP contribution in [0.3, 0.4) is 0 Å². The van der Waals surface area contributed by atoms with E-state index in [2.05, 4.69) is 10.6 Å². The third kappa shape index (κ3) is 4.53. The standard InChI is InChI=1S/C16H22FN3O2/c1-2-9-18-16(22)19-15(21)11-20-10-3-4-14(20)12-5-7-13(17)8-6-12/h5-8,14H,2-4,9-11H2,1H3,(H2,18,19,21,22). The van der Waals surface area contributed by atoms with Gasteiger partial charge in [-0.2, -0.15) is 0 Å². The predicted octanol–water partition coefficient (Wildman–Crippen LogP) is 2.20. The largest absolute Gasteiger partial charge is 0.338 e. The second-order valence-electron chi connectivity index (χ2n) is 5.48. The normalized spacial score (nSPS) is 18.2. The molecule has 0 spiro atoms. The molecule has 1 atom stereocenters. The summed E-state index contributed by atoms with van der Waals surface area (Å²) >= 11 is 0. The van der Waals surface area contributed by atoms with Crippen LogP contribution < -0.4 is 10.6 Å². The minimum atomic E-state index is -0.454. The topological polar surface area (TPSA) is 61.4 Å². The van der Waals surface area contributed by atoms with E-state index in [0.29, 0.717) is 6.54 Å². The Hall–Kier alpha value is -1.95. The van der Waals surface area contributed by atoms with Gasteiger partial charge in [-0.3, -0.25) is 15.0 Å². The van der Waals surface area contributed by atoms with Crippen molar-refractivity contribution < 1.29 is 14.0 Å². The number of carbonyl (C=O) groups is 2. The molecule has 0 radical (unpaired) electrons. The van der Waals surface area contributed by atoms with Gasteiger partial charge in [0.1, 0.15) is 5.82 Å². The summed E-state index contributed by atoms with van der Waals surface area (Å²) in [5.74, 6) is -0.582.